The lowest BCUT2D eigenvalue weighted by molar-refractivity contribution is 0.589. The van der Waals surface area contributed by atoms with Crippen molar-refractivity contribution in [3.8, 4) is 27.9 Å². The normalized spacial score (nSPS) is 14.2. The molecule has 5 heteroatoms. The van der Waals surface area contributed by atoms with Crippen LogP contribution in [0.3, 0.4) is 0 Å². The van der Waals surface area contributed by atoms with E-state index in [-0.39, 0.29) is 16.2 Å². The first-order valence-corrected chi connectivity index (χ1v) is 24.4. The number of aromatic nitrogens is 1. The quantitative estimate of drug-likeness (QED) is 0.175. The fraction of sp³-hybridized carbons (Fsp3) is 0.186. The van der Waals surface area contributed by atoms with E-state index in [1.807, 2.05) is 22.7 Å². The monoisotopic (exact) mass is 860 g/mol. The molecular weight excluding hydrogens is 812 g/mol. The topological polar surface area (TPSA) is 17.0 Å². The van der Waals surface area contributed by atoms with Crippen molar-refractivity contribution in [3.63, 3.8) is 0 Å². The van der Waals surface area contributed by atoms with Crippen LogP contribution in [0.5, 0.6) is 0 Å². The lowest BCUT2D eigenvalue weighted by Gasteiger charge is -2.26. The van der Waals surface area contributed by atoms with Crippen molar-refractivity contribution < 1.29 is 0 Å². The number of hydrogen-bond donors (Lipinski definition) is 1. The van der Waals surface area contributed by atoms with Gasteiger partial charge in [0.2, 0.25) is 0 Å². The van der Waals surface area contributed by atoms with Crippen molar-refractivity contribution in [1.29, 1.82) is 0 Å². The zero-order chi connectivity index (χ0) is 43.6. The second kappa shape index (κ2) is 13.0. The summed E-state index contributed by atoms with van der Waals surface area (Å²) in [5, 5.41) is 12.0. The molecule has 2 nitrogen and oxygen atoms in total. The molecule has 3 aromatic heterocycles. The van der Waals surface area contributed by atoms with Crippen LogP contribution in [-0.2, 0) is 16.2 Å². The molecule has 13 rings (SSSR count). The van der Waals surface area contributed by atoms with Crippen LogP contribution in [0.15, 0.2) is 140 Å². The lowest BCUT2D eigenvalue weighted by Crippen LogP contribution is -2.37. The predicted molar refractivity (Wildman–Crippen MR) is 283 cm³/mol. The Morgan fingerprint density at radius 3 is 1.84 bits per heavy atom. The van der Waals surface area contributed by atoms with Crippen LogP contribution in [0, 0.1) is 0 Å². The third-order valence-corrected chi connectivity index (χ3v) is 17.0. The van der Waals surface area contributed by atoms with Crippen LogP contribution < -0.4 is 16.2 Å². The van der Waals surface area contributed by atoms with Crippen molar-refractivity contribution in [3.05, 3.63) is 162 Å². The number of nitrogens with one attached hydrogen (secondary N) is 1. The van der Waals surface area contributed by atoms with Gasteiger partial charge in [0.1, 0.15) is 0 Å². The van der Waals surface area contributed by atoms with Crippen LogP contribution in [0.4, 0.5) is 11.4 Å². The minimum atomic E-state index is -0.150. The summed E-state index contributed by atoms with van der Waals surface area (Å²) in [5.74, 6) is 0. The van der Waals surface area contributed by atoms with Gasteiger partial charge in [-0.05, 0) is 116 Å². The molecule has 0 unspecified atom stereocenters. The first-order chi connectivity index (χ1) is 30.7. The van der Waals surface area contributed by atoms with E-state index >= 15 is 0 Å². The Hall–Kier alpha value is -6.14. The molecule has 0 saturated carbocycles. The summed E-state index contributed by atoms with van der Waals surface area (Å²) in [6, 6.07) is 54.1. The van der Waals surface area contributed by atoms with Gasteiger partial charge in [0.25, 0.3) is 0 Å². The molecule has 310 valence electrons. The van der Waals surface area contributed by atoms with Crippen LogP contribution in [0.2, 0.25) is 0 Å². The summed E-state index contributed by atoms with van der Waals surface area (Å²) < 4.78 is 8.02. The maximum Gasteiger partial charge on any atom is 0.198 e. The number of nitrogens with zero attached hydrogens (tertiary/aromatic N) is 1. The SMILES string of the molecule is CC(C)(C)c1ccc(Nc2cc3c(cc2-c2ccc4c5cc6sc7ccccc7c6cc5n5c4c2Bc2cc4sc6ccccc6c4cc2-5)-c2cc(C(C)(C)C)ccc2C3(C)C)cc1. The Morgan fingerprint density at radius 1 is 0.500 bits per heavy atom. The number of hydrogen-bond acceptors (Lipinski definition) is 3. The van der Waals surface area contributed by atoms with E-state index in [1.54, 1.807) is 0 Å². The Labute approximate surface area is 383 Å². The molecular formula is C59H49BN2S2. The van der Waals surface area contributed by atoms with E-state index in [1.165, 1.54) is 123 Å². The summed E-state index contributed by atoms with van der Waals surface area (Å²) in [6.07, 6.45) is 0. The third kappa shape index (κ3) is 5.44. The molecule has 64 heavy (non-hydrogen) atoms. The van der Waals surface area contributed by atoms with Gasteiger partial charge < -0.3 is 9.88 Å². The number of fused-ring (bicyclic) bond motifs is 14. The zero-order valence-corrected chi connectivity index (χ0v) is 39.4. The smallest absolute Gasteiger partial charge is 0.198 e. The molecule has 1 N–H and O–H groups in total. The van der Waals surface area contributed by atoms with E-state index in [0.717, 1.165) is 18.7 Å². The van der Waals surface area contributed by atoms with Crippen molar-refractivity contribution in [1.82, 2.24) is 4.57 Å². The standard InChI is InChI=1S/C59H49BN2S2/c1-57(2,3)32-17-20-34(21-18-32)61-48-30-46-40(39-25-33(58(4,5)6)19-24-45(39)59(46,7)8)26-41(48)37-22-23-38-42-29-53-43(35-13-9-11-15-51(35)63-53)27-49(42)62-50-28-44-36-14-10-12-16-52(36)64-54(44)31-47(50)60-55(37)56(38)62/h9-31,60-61H,1-8H3. The molecule has 11 aromatic rings. The number of benzene rings is 8. The third-order valence-electron chi connectivity index (χ3n) is 14.7. The largest absolute Gasteiger partial charge is 0.355 e. The number of anilines is 2. The highest BCUT2D eigenvalue weighted by atomic mass is 32.1. The summed E-state index contributed by atoms with van der Waals surface area (Å²) >= 11 is 3.83. The highest BCUT2D eigenvalue weighted by Gasteiger charge is 2.38. The average Bonchev–Trinajstić information content (AvgIpc) is 3.98. The Morgan fingerprint density at radius 2 is 1.14 bits per heavy atom. The Bertz CT molecular complexity index is 3820. The van der Waals surface area contributed by atoms with E-state index in [4.69, 9.17) is 0 Å². The van der Waals surface area contributed by atoms with Crippen molar-refractivity contribution in [2.24, 2.45) is 0 Å². The number of rotatable bonds is 3. The maximum absolute atomic E-state index is 4.03. The van der Waals surface area contributed by atoms with Gasteiger partial charge in [-0.1, -0.05) is 140 Å². The zero-order valence-electron chi connectivity index (χ0n) is 37.7. The van der Waals surface area contributed by atoms with Crippen molar-refractivity contribution >= 4 is 114 Å². The van der Waals surface area contributed by atoms with Crippen LogP contribution in [-0.4, -0.2) is 11.8 Å². The molecule has 1 aliphatic carbocycles. The summed E-state index contributed by atoms with van der Waals surface area (Å²) in [4.78, 5) is 0. The Balaban J connectivity index is 1.11. The molecule has 0 saturated heterocycles. The van der Waals surface area contributed by atoms with Gasteiger partial charge in [-0.3, -0.25) is 0 Å². The van der Waals surface area contributed by atoms with Gasteiger partial charge in [0.15, 0.2) is 7.28 Å². The molecule has 0 fully saturated rings. The predicted octanol–water partition coefficient (Wildman–Crippen LogP) is 15.5. The molecule has 4 heterocycles. The molecule has 0 atom stereocenters. The van der Waals surface area contributed by atoms with Crippen LogP contribution in [0.25, 0.3) is 90.1 Å². The van der Waals surface area contributed by atoms with E-state index < -0.39 is 0 Å². The van der Waals surface area contributed by atoms with Crippen LogP contribution >= 0.6 is 22.7 Å². The molecule has 0 bridgehead atoms. The fourth-order valence-electron chi connectivity index (χ4n) is 11.2. The molecule has 8 aromatic carbocycles. The Kier molecular flexibility index (Phi) is 7.78. The first-order valence-electron chi connectivity index (χ1n) is 22.8. The molecule has 0 spiro atoms. The molecule has 0 amide bonds. The second-order valence-electron chi connectivity index (χ2n) is 21.1. The maximum atomic E-state index is 4.03. The highest BCUT2D eigenvalue weighted by Crippen LogP contribution is 2.53. The van der Waals surface area contributed by atoms with Crippen molar-refractivity contribution in [2.75, 3.05) is 5.32 Å². The minimum Gasteiger partial charge on any atom is -0.355 e. The highest BCUT2D eigenvalue weighted by molar-refractivity contribution is 7.26. The summed E-state index contributed by atoms with van der Waals surface area (Å²) in [7, 11) is 0.854. The van der Waals surface area contributed by atoms with Gasteiger partial charge in [-0.2, -0.15) is 0 Å². The van der Waals surface area contributed by atoms with Crippen molar-refractivity contribution in [2.45, 2.75) is 71.6 Å². The second-order valence-corrected chi connectivity index (χ2v) is 23.2. The van der Waals surface area contributed by atoms with E-state index in [2.05, 4.69) is 205 Å². The van der Waals surface area contributed by atoms with Gasteiger partial charge in [-0.15, -0.1) is 22.7 Å². The molecule has 1 aliphatic heterocycles. The summed E-state index contributed by atoms with van der Waals surface area (Å²) in [6.45, 7) is 18.7. The van der Waals surface area contributed by atoms with Gasteiger partial charge in [-0.25, -0.2) is 0 Å². The fourth-order valence-corrected chi connectivity index (χ4v) is 13.5. The number of thiophene rings is 2. The lowest BCUT2D eigenvalue weighted by atomic mass is 9.59. The molecule has 0 radical (unpaired) electrons. The first kappa shape index (κ1) is 38.3. The van der Waals surface area contributed by atoms with Gasteiger partial charge >= 0.3 is 0 Å². The van der Waals surface area contributed by atoms with Gasteiger partial charge in [0.05, 0.1) is 5.52 Å². The van der Waals surface area contributed by atoms with E-state index in [0.29, 0.717) is 0 Å². The minimum absolute atomic E-state index is 0.0438. The van der Waals surface area contributed by atoms with Crippen LogP contribution in [0.1, 0.15) is 77.6 Å². The van der Waals surface area contributed by atoms with E-state index in [9.17, 15) is 0 Å². The molecule has 2 aliphatic rings. The summed E-state index contributed by atoms with van der Waals surface area (Å²) in [5.41, 5.74) is 19.6. The average molecular weight is 861 g/mol. The van der Waals surface area contributed by atoms with Gasteiger partial charge in [0, 0.05) is 84.7 Å².